The first kappa shape index (κ1) is 12.5. The average molecular weight is 346 g/mol. The van der Waals surface area contributed by atoms with Gasteiger partial charge in [-0.2, -0.15) is 0 Å². The van der Waals surface area contributed by atoms with E-state index in [1.165, 1.54) is 0 Å². The molecule has 1 saturated heterocycles. The maximum Gasteiger partial charge on any atom is 0.179 e. The lowest BCUT2D eigenvalue weighted by Gasteiger charge is -2.22. The fraction of sp³-hybridized carbons (Fsp3) is 0.455. The predicted molar refractivity (Wildman–Crippen MR) is 78.8 cm³/mol. The molecule has 1 aliphatic heterocycles. The van der Waals surface area contributed by atoms with E-state index in [1.807, 2.05) is 6.07 Å². The maximum absolute atomic E-state index is 11.4. The van der Waals surface area contributed by atoms with Gasteiger partial charge in [-0.05, 0) is 47.1 Å². The Kier molecular flexibility index (Phi) is 3.38. The van der Waals surface area contributed by atoms with Gasteiger partial charge in [0.05, 0.1) is 5.52 Å². The van der Waals surface area contributed by atoms with Crippen LogP contribution in [0.2, 0.25) is 0 Å². The van der Waals surface area contributed by atoms with Gasteiger partial charge in [0, 0.05) is 39.0 Å². The van der Waals surface area contributed by atoms with Gasteiger partial charge in [-0.15, -0.1) is 0 Å². The first-order valence-electron chi connectivity index (χ1n) is 5.76. The van der Waals surface area contributed by atoms with Gasteiger partial charge in [-0.3, -0.25) is 8.78 Å². The van der Waals surface area contributed by atoms with Crippen molar-refractivity contribution in [3.8, 4) is 0 Å². The molecule has 0 radical (unpaired) electrons. The van der Waals surface area contributed by atoms with E-state index in [2.05, 4.69) is 30.5 Å². The molecule has 1 aliphatic rings. The Morgan fingerprint density at radius 1 is 1.50 bits per heavy atom. The topological polar surface area (TPSA) is 50.7 Å². The molecular weight excluding hydrogens is 334 g/mol. The molecule has 1 fully saturated rings. The number of rotatable bonds is 1. The van der Waals surface area contributed by atoms with Crippen molar-refractivity contribution in [3.05, 3.63) is 21.5 Å². The van der Waals surface area contributed by atoms with Crippen molar-refractivity contribution >= 4 is 50.1 Å². The third kappa shape index (κ3) is 2.19. The Morgan fingerprint density at radius 2 is 2.22 bits per heavy atom. The number of nitrogens with zero attached hydrogens (tertiary/aromatic N) is 2. The molecule has 0 atom stereocenters. The van der Waals surface area contributed by atoms with E-state index < -0.39 is 10.8 Å². The van der Waals surface area contributed by atoms with Crippen LogP contribution in [0.15, 0.2) is 16.7 Å². The third-order valence-corrected chi connectivity index (χ3v) is 5.36. The Bertz CT molecular complexity index is 668. The van der Waals surface area contributed by atoms with Crippen molar-refractivity contribution in [1.82, 2.24) is 14.5 Å². The van der Waals surface area contributed by atoms with E-state index in [9.17, 15) is 4.21 Å². The van der Waals surface area contributed by atoms with Gasteiger partial charge in [0.25, 0.3) is 0 Å². The maximum atomic E-state index is 11.4. The van der Waals surface area contributed by atoms with Crippen LogP contribution in [-0.2, 0) is 10.8 Å². The Hall–Kier alpha value is -0.530. The van der Waals surface area contributed by atoms with Crippen LogP contribution >= 0.6 is 28.1 Å². The number of fused-ring (bicyclic) bond motifs is 1. The summed E-state index contributed by atoms with van der Waals surface area (Å²) in [5.74, 6) is 1.52. The number of imidazole rings is 1. The van der Waals surface area contributed by atoms with E-state index in [0.717, 1.165) is 40.0 Å². The van der Waals surface area contributed by atoms with E-state index in [4.69, 9.17) is 12.2 Å². The molecule has 0 spiro atoms. The normalized spacial score (nSPS) is 24.5. The smallest absolute Gasteiger partial charge is 0.179 e. The highest BCUT2D eigenvalue weighted by Gasteiger charge is 2.22. The number of hydrogen-bond acceptors (Lipinski definition) is 3. The number of hydrogen-bond donors (Lipinski definition) is 1. The summed E-state index contributed by atoms with van der Waals surface area (Å²) in [5.41, 5.74) is 1.84. The van der Waals surface area contributed by atoms with Crippen molar-refractivity contribution in [2.24, 2.45) is 0 Å². The molecule has 96 valence electrons. The third-order valence-electron chi connectivity index (χ3n) is 3.24. The number of aromatic amines is 1. The van der Waals surface area contributed by atoms with Crippen molar-refractivity contribution in [1.29, 1.82) is 0 Å². The van der Waals surface area contributed by atoms with Crippen molar-refractivity contribution < 1.29 is 4.21 Å². The summed E-state index contributed by atoms with van der Waals surface area (Å²) >= 11 is 8.79. The zero-order valence-corrected chi connectivity index (χ0v) is 12.8. The highest BCUT2D eigenvalue weighted by atomic mass is 79.9. The molecule has 0 aliphatic carbocycles. The van der Waals surface area contributed by atoms with E-state index in [1.54, 1.807) is 6.20 Å². The summed E-state index contributed by atoms with van der Waals surface area (Å²) in [5, 5.41) is 0. The first-order valence-corrected chi connectivity index (χ1v) is 8.45. The van der Waals surface area contributed by atoms with Crippen LogP contribution in [0.5, 0.6) is 0 Å². The highest BCUT2D eigenvalue weighted by Crippen LogP contribution is 2.27. The van der Waals surface area contributed by atoms with Gasteiger partial charge in [0.15, 0.2) is 10.4 Å². The van der Waals surface area contributed by atoms with Crippen molar-refractivity contribution in [3.63, 3.8) is 0 Å². The first-order chi connectivity index (χ1) is 8.65. The van der Waals surface area contributed by atoms with Crippen molar-refractivity contribution in [2.45, 2.75) is 18.9 Å². The number of halogens is 1. The largest absolute Gasteiger partial charge is 0.329 e. The Morgan fingerprint density at radius 3 is 2.94 bits per heavy atom. The van der Waals surface area contributed by atoms with E-state index in [-0.39, 0.29) is 0 Å². The predicted octanol–water partition coefficient (Wildman–Crippen LogP) is 2.94. The molecule has 4 nitrogen and oxygen atoms in total. The van der Waals surface area contributed by atoms with E-state index in [0.29, 0.717) is 10.8 Å². The number of pyridine rings is 1. The van der Waals surface area contributed by atoms with Crippen molar-refractivity contribution in [2.75, 3.05) is 11.5 Å². The SMILES string of the molecule is O=S1CCC(n2c(=S)[nH]c3cc(Br)cnc32)CC1. The molecule has 3 rings (SSSR count). The second-order valence-electron chi connectivity index (χ2n) is 4.40. The standard InChI is InChI=1S/C11H12BrN3OS2/c12-7-5-9-10(13-6-7)15(11(17)14-9)8-1-3-18(16)4-2-8/h5-6,8H,1-4H2,(H,14,17). The van der Waals surface area contributed by atoms with Crippen LogP contribution < -0.4 is 0 Å². The number of aromatic nitrogens is 3. The minimum absolute atomic E-state index is 0.317. The summed E-state index contributed by atoms with van der Waals surface area (Å²) in [6.45, 7) is 0. The lowest BCUT2D eigenvalue weighted by Crippen LogP contribution is -2.22. The van der Waals surface area contributed by atoms with Gasteiger partial charge in [-0.25, -0.2) is 4.98 Å². The van der Waals surface area contributed by atoms with Gasteiger partial charge < -0.3 is 4.98 Å². The Labute approximate surface area is 120 Å². The molecule has 7 heteroatoms. The Balaban J connectivity index is 2.08. The molecule has 0 unspecified atom stereocenters. The molecule has 2 aromatic rings. The molecule has 1 N–H and O–H groups in total. The molecule has 0 saturated carbocycles. The van der Waals surface area contributed by atoms with Gasteiger partial charge in [0.1, 0.15) is 0 Å². The quantitative estimate of drug-likeness (QED) is 0.808. The van der Waals surface area contributed by atoms with Crippen LogP contribution in [0, 0.1) is 4.77 Å². The minimum Gasteiger partial charge on any atom is -0.329 e. The van der Waals surface area contributed by atoms with Crippen LogP contribution in [-0.4, -0.2) is 30.2 Å². The van der Waals surface area contributed by atoms with Crippen LogP contribution in [0.4, 0.5) is 0 Å². The number of H-pyrrole nitrogens is 1. The zero-order chi connectivity index (χ0) is 12.7. The molecular formula is C11H12BrN3OS2. The molecule has 0 bridgehead atoms. The minimum atomic E-state index is -0.652. The van der Waals surface area contributed by atoms with Crippen LogP contribution in [0.3, 0.4) is 0 Å². The molecule has 2 aromatic heterocycles. The second kappa shape index (κ2) is 4.86. The summed E-state index contributed by atoms with van der Waals surface area (Å²) in [4.78, 5) is 7.62. The summed E-state index contributed by atoms with van der Waals surface area (Å²) in [7, 11) is -0.652. The molecule has 3 heterocycles. The fourth-order valence-corrected chi connectivity index (χ4v) is 4.32. The lowest BCUT2D eigenvalue weighted by molar-refractivity contribution is 0.466. The van der Waals surface area contributed by atoms with Gasteiger partial charge in [0.2, 0.25) is 0 Å². The molecule has 0 amide bonds. The highest BCUT2D eigenvalue weighted by molar-refractivity contribution is 9.10. The van der Waals surface area contributed by atoms with Crippen LogP contribution in [0.25, 0.3) is 11.2 Å². The summed E-state index contributed by atoms with van der Waals surface area (Å²) in [6.07, 6.45) is 3.60. The average Bonchev–Trinajstić information content (AvgIpc) is 2.65. The van der Waals surface area contributed by atoms with Gasteiger partial charge >= 0.3 is 0 Å². The fourth-order valence-electron chi connectivity index (χ4n) is 2.37. The van der Waals surface area contributed by atoms with E-state index >= 15 is 0 Å². The molecule has 18 heavy (non-hydrogen) atoms. The second-order valence-corrected chi connectivity index (χ2v) is 7.40. The number of nitrogens with one attached hydrogen (secondary N) is 1. The lowest BCUT2D eigenvalue weighted by atomic mass is 10.1. The summed E-state index contributed by atoms with van der Waals surface area (Å²) in [6, 6.07) is 2.30. The molecule has 0 aromatic carbocycles. The van der Waals surface area contributed by atoms with Gasteiger partial charge in [-0.1, -0.05) is 0 Å². The monoisotopic (exact) mass is 345 g/mol. The zero-order valence-electron chi connectivity index (χ0n) is 9.56. The van der Waals surface area contributed by atoms with Crippen LogP contribution in [0.1, 0.15) is 18.9 Å². The summed E-state index contributed by atoms with van der Waals surface area (Å²) < 4.78 is 15.1.